The zero-order chi connectivity index (χ0) is 17.7. The van der Waals surface area contributed by atoms with Gasteiger partial charge in [0.2, 0.25) is 5.91 Å². The summed E-state index contributed by atoms with van der Waals surface area (Å²) in [7, 11) is 1.36. The van der Waals surface area contributed by atoms with Crippen LogP contribution in [0.2, 0.25) is 0 Å². The fraction of sp³-hybridized carbons (Fsp3) is 0.188. The number of anilines is 2. The molecule has 1 amide bonds. The van der Waals surface area contributed by atoms with Crippen LogP contribution in [0.5, 0.6) is 5.75 Å². The minimum absolute atomic E-state index is 0.0490. The van der Waals surface area contributed by atoms with Crippen molar-refractivity contribution in [3.63, 3.8) is 0 Å². The van der Waals surface area contributed by atoms with Crippen LogP contribution in [0.1, 0.15) is 5.56 Å². The number of carbonyl (C=O) groups is 1. The zero-order valence-corrected chi connectivity index (χ0v) is 13.1. The van der Waals surface area contributed by atoms with E-state index in [0.29, 0.717) is 16.9 Å². The number of amides is 1. The van der Waals surface area contributed by atoms with Gasteiger partial charge in [-0.3, -0.25) is 14.9 Å². The molecule has 2 aromatic rings. The number of nitrogens with zero attached hydrogens (tertiary/aromatic N) is 1. The van der Waals surface area contributed by atoms with Crippen LogP contribution in [-0.2, 0) is 4.79 Å². The number of hydrogen-bond acceptors (Lipinski definition) is 5. The molecule has 2 aromatic carbocycles. The second kappa shape index (κ2) is 7.40. The molecule has 126 valence electrons. The van der Waals surface area contributed by atoms with Crippen LogP contribution in [0, 0.1) is 22.9 Å². The van der Waals surface area contributed by atoms with E-state index in [9.17, 15) is 19.3 Å². The summed E-state index contributed by atoms with van der Waals surface area (Å²) in [6.45, 7) is 1.68. The number of carbonyl (C=O) groups excluding carboxylic acids is 1. The van der Waals surface area contributed by atoms with Crippen LogP contribution in [0.15, 0.2) is 36.4 Å². The average molecular weight is 333 g/mol. The lowest BCUT2D eigenvalue weighted by Crippen LogP contribution is -2.22. The second-order valence-electron chi connectivity index (χ2n) is 5.00. The highest BCUT2D eigenvalue weighted by Gasteiger charge is 2.13. The van der Waals surface area contributed by atoms with Crippen molar-refractivity contribution in [3.05, 3.63) is 57.9 Å². The molecule has 0 aromatic heterocycles. The van der Waals surface area contributed by atoms with E-state index in [1.54, 1.807) is 13.0 Å². The van der Waals surface area contributed by atoms with Gasteiger partial charge in [-0.1, -0.05) is 0 Å². The maximum atomic E-state index is 13.0. The molecule has 0 fully saturated rings. The Labute approximate surface area is 137 Å². The molecule has 0 saturated carbocycles. The Hall–Kier alpha value is -3.16. The Kier molecular flexibility index (Phi) is 5.31. The molecule has 2 rings (SSSR count). The van der Waals surface area contributed by atoms with Gasteiger partial charge in [0.15, 0.2) is 0 Å². The maximum Gasteiger partial charge on any atom is 0.273 e. The molecule has 0 spiro atoms. The number of non-ortho nitro benzene ring substituents is 1. The fourth-order valence-electron chi connectivity index (χ4n) is 2.09. The van der Waals surface area contributed by atoms with E-state index in [1.165, 1.54) is 37.4 Å². The quantitative estimate of drug-likeness (QED) is 0.626. The predicted octanol–water partition coefficient (Wildman–Crippen LogP) is 3.10. The summed E-state index contributed by atoms with van der Waals surface area (Å²) in [5.74, 6) is -0.528. The Morgan fingerprint density at radius 3 is 2.58 bits per heavy atom. The molecule has 0 aliphatic carbocycles. The van der Waals surface area contributed by atoms with E-state index in [0.717, 1.165) is 0 Å². The SMILES string of the molecule is COc1cc([N+](=O)[O-])ccc1NC(=O)CNc1ccc(F)cc1C. The number of nitro benzene ring substituents is 1. The molecular formula is C16H16FN3O4. The van der Waals surface area contributed by atoms with Crippen molar-refractivity contribution in [2.75, 3.05) is 24.3 Å². The minimum atomic E-state index is -0.549. The third-order valence-corrected chi connectivity index (χ3v) is 3.30. The average Bonchev–Trinajstić information content (AvgIpc) is 2.54. The first-order valence-corrected chi connectivity index (χ1v) is 7.03. The summed E-state index contributed by atoms with van der Waals surface area (Å²) in [6.07, 6.45) is 0. The van der Waals surface area contributed by atoms with Crippen molar-refractivity contribution in [2.24, 2.45) is 0 Å². The minimum Gasteiger partial charge on any atom is -0.494 e. The molecule has 0 radical (unpaired) electrons. The highest BCUT2D eigenvalue weighted by Crippen LogP contribution is 2.28. The number of aryl methyl sites for hydroxylation is 1. The molecular weight excluding hydrogens is 317 g/mol. The van der Waals surface area contributed by atoms with Crippen LogP contribution in [0.25, 0.3) is 0 Å². The number of rotatable bonds is 6. The van der Waals surface area contributed by atoms with Gasteiger partial charge in [-0.05, 0) is 36.8 Å². The zero-order valence-electron chi connectivity index (χ0n) is 13.1. The molecule has 0 saturated heterocycles. The fourth-order valence-corrected chi connectivity index (χ4v) is 2.09. The lowest BCUT2D eigenvalue weighted by molar-refractivity contribution is -0.384. The lowest BCUT2D eigenvalue weighted by atomic mass is 10.2. The lowest BCUT2D eigenvalue weighted by Gasteiger charge is -2.12. The second-order valence-corrected chi connectivity index (χ2v) is 5.00. The summed E-state index contributed by atoms with van der Waals surface area (Å²) in [5.41, 5.74) is 1.51. The van der Waals surface area contributed by atoms with Crippen molar-refractivity contribution in [2.45, 2.75) is 6.92 Å². The van der Waals surface area contributed by atoms with Crippen molar-refractivity contribution in [1.29, 1.82) is 0 Å². The third-order valence-electron chi connectivity index (χ3n) is 3.30. The first-order valence-electron chi connectivity index (χ1n) is 7.03. The van der Waals surface area contributed by atoms with Crippen molar-refractivity contribution < 1.29 is 18.8 Å². The van der Waals surface area contributed by atoms with Crippen LogP contribution in [-0.4, -0.2) is 24.5 Å². The van der Waals surface area contributed by atoms with Gasteiger partial charge in [0.05, 0.1) is 30.3 Å². The van der Waals surface area contributed by atoms with E-state index >= 15 is 0 Å². The molecule has 8 heteroatoms. The molecule has 0 heterocycles. The predicted molar refractivity (Wildman–Crippen MR) is 87.9 cm³/mol. The smallest absolute Gasteiger partial charge is 0.273 e. The summed E-state index contributed by atoms with van der Waals surface area (Å²) >= 11 is 0. The summed E-state index contributed by atoms with van der Waals surface area (Å²) in [6, 6.07) is 8.11. The molecule has 0 bridgehead atoms. The number of halogens is 1. The molecule has 2 N–H and O–H groups in total. The molecule has 24 heavy (non-hydrogen) atoms. The van der Waals surface area contributed by atoms with Crippen molar-refractivity contribution in [1.82, 2.24) is 0 Å². The number of hydrogen-bond donors (Lipinski definition) is 2. The molecule has 0 atom stereocenters. The summed E-state index contributed by atoms with van der Waals surface area (Å²) < 4.78 is 18.1. The standard InChI is InChI=1S/C16H16FN3O4/c1-10-7-11(17)3-5-13(10)18-9-16(21)19-14-6-4-12(20(22)23)8-15(14)24-2/h3-8,18H,9H2,1-2H3,(H,19,21). The maximum absolute atomic E-state index is 13.0. The third kappa shape index (κ3) is 4.19. The Bertz CT molecular complexity index is 780. The van der Waals surface area contributed by atoms with Crippen molar-refractivity contribution >= 4 is 23.0 Å². The van der Waals surface area contributed by atoms with E-state index in [1.807, 2.05) is 0 Å². The van der Waals surface area contributed by atoms with Gasteiger partial charge < -0.3 is 15.4 Å². The highest BCUT2D eigenvalue weighted by atomic mass is 19.1. The largest absolute Gasteiger partial charge is 0.494 e. The molecule has 0 unspecified atom stereocenters. The van der Waals surface area contributed by atoms with Gasteiger partial charge in [-0.25, -0.2) is 4.39 Å². The summed E-state index contributed by atoms with van der Waals surface area (Å²) in [5, 5.41) is 16.2. The van der Waals surface area contributed by atoms with Gasteiger partial charge in [-0.2, -0.15) is 0 Å². The van der Waals surface area contributed by atoms with Gasteiger partial charge in [0.25, 0.3) is 5.69 Å². The van der Waals surface area contributed by atoms with E-state index in [2.05, 4.69) is 10.6 Å². The number of nitrogens with one attached hydrogen (secondary N) is 2. The van der Waals surface area contributed by atoms with Crippen LogP contribution >= 0.6 is 0 Å². The monoisotopic (exact) mass is 333 g/mol. The summed E-state index contributed by atoms with van der Waals surface area (Å²) in [4.78, 5) is 22.2. The number of methoxy groups -OCH3 is 1. The van der Waals surface area contributed by atoms with Crippen molar-refractivity contribution in [3.8, 4) is 5.75 Å². The normalized spacial score (nSPS) is 10.1. The van der Waals surface area contributed by atoms with Gasteiger partial charge >= 0.3 is 0 Å². The van der Waals surface area contributed by atoms with Gasteiger partial charge in [0, 0.05) is 11.8 Å². The number of ether oxygens (including phenoxy) is 1. The first-order chi connectivity index (χ1) is 11.4. The van der Waals surface area contributed by atoms with Gasteiger partial charge in [0.1, 0.15) is 11.6 Å². The van der Waals surface area contributed by atoms with Crippen LogP contribution in [0.4, 0.5) is 21.5 Å². The van der Waals surface area contributed by atoms with Crippen LogP contribution in [0.3, 0.4) is 0 Å². The van der Waals surface area contributed by atoms with E-state index < -0.39 is 4.92 Å². The number of nitro groups is 1. The Balaban J connectivity index is 2.03. The van der Waals surface area contributed by atoms with Crippen LogP contribution < -0.4 is 15.4 Å². The molecule has 0 aliphatic rings. The highest BCUT2D eigenvalue weighted by molar-refractivity contribution is 5.95. The first kappa shape index (κ1) is 17.2. The van der Waals surface area contributed by atoms with E-state index in [4.69, 9.17) is 4.74 Å². The topological polar surface area (TPSA) is 93.5 Å². The Morgan fingerprint density at radius 2 is 1.96 bits per heavy atom. The van der Waals surface area contributed by atoms with E-state index in [-0.39, 0.29) is 29.7 Å². The molecule has 7 nitrogen and oxygen atoms in total. The Morgan fingerprint density at radius 1 is 1.25 bits per heavy atom. The molecule has 0 aliphatic heterocycles. The van der Waals surface area contributed by atoms with Gasteiger partial charge in [-0.15, -0.1) is 0 Å². The number of benzene rings is 2.